The van der Waals surface area contributed by atoms with Gasteiger partial charge in [0.1, 0.15) is 5.60 Å². The molecule has 1 atom stereocenters. The highest BCUT2D eigenvalue weighted by Gasteiger charge is 2.28. The van der Waals surface area contributed by atoms with Crippen molar-refractivity contribution >= 4 is 21.7 Å². The van der Waals surface area contributed by atoms with Crippen LogP contribution < -0.4 is 0 Å². The zero-order chi connectivity index (χ0) is 10.6. The molecule has 4 heteroatoms. The Morgan fingerprint density at radius 3 is 2.86 bits per heavy atom. The molecule has 0 bridgehead atoms. The summed E-state index contributed by atoms with van der Waals surface area (Å²) in [7, 11) is 1.59. The Balaban J connectivity index is 2.80. The number of carbonyl (C=O) groups is 1. The number of allylic oxidation sites excluding steroid dienone is 2. The molecule has 0 aromatic carbocycles. The second kappa shape index (κ2) is 4.87. The van der Waals surface area contributed by atoms with Gasteiger partial charge in [0.2, 0.25) is 0 Å². The molecule has 1 unspecified atom stereocenters. The quantitative estimate of drug-likeness (QED) is 0.835. The van der Waals surface area contributed by atoms with Gasteiger partial charge in [0.05, 0.1) is 4.48 Å². The van der Waals surface area contributed by atoms with Crippen LogP contribution in [-0.4, -0.2) is 30.2 Å². The number of ketones is 1. The van der Waals surface area contributed by atoms with Gasteiger partial charge in [0.15, 0.2) is 5.78 Å². The average molecular weight is 261 g/mol. The Morgan fingerprint density at radius 2 is 2.36 bits per heavy atom. The molecule has 78 valence electrons. The van der Waals surface area contributed by atoms with Gasteiger partial charge in [0, 0.05) is 13.7 Å². The van der Waals surface area contributed by atoms with Crippen molar-refractivity contribution in [3.63, 3.8) is 0 Å². The van der Waals surface area contributed by atoms with Crippen molar-refractivity contribution in [2.24, 2.45) is 0 Å². The number of methoxy groups -OCH3 is 1. The summed E-state index contributed by atoms with van der Waals surface area (Å²) in [6.07, 6.45) is 6.27. The van der Waals surface area contributed by atoms with Crippen molar-refractivity contribution in [3.05, 3.63) is 22.7 Å². The van der Waals surface area contributed by atoms with E-state index in [0.29, 0.717) is 17.3 Å². The topological polar surface area (TPSA) is 46.5 Å². The SMILES string of the molecule is COC1(CCCO)C=CC(=O)C(Br)=C1. The van der Waals surface area contributed by atoms with Crippen molar-refractivity contribution in [2.45, 2.75) is 18.4 Å². The first-order valence-corrected chi connectivity index (χ1v) is 5.21. The Morgan fingerprint density at radius 1 is 1.64 bits per heavy atom. The summed E-state index contributed by atoms with van der Waals surface area (Å²) in [6, 6.07) is 0. The maximum absolute atomic E-state index is 11.2. The molecule has 0 radical (unpaired) electrons. The molecule has 1 aliphatic rings. The summed E-state index contributed by atoms with van der Waals surface area (Å²) < 4.78 is 5.86. The highest BCUT2D eigenvalue weighted by molar-refractivity contribution is 9.12. The summed E-state index contributed by atoms with van der Waals surface area (Å²) in [5, 5.41) is 8.75. The smallest absolute Gasteiger partial charge is 0.192 e. The molecule has 0 saturated heterocycles. The van der Waals surface area contributed by atoms with Crippen molar-refractivity contribution < 1.29 is 14.6 Å². The maximum Gasteiger partial charge on any atom is 0.192 e. The fourth-order valence-electron chi connectivity index (χ4n) is 1.37. The van der Waals surface area contributed by atoms with Crippen LogP contribution in [0.5, 0.6) is 0 Å². The van der Waals surface area contributed by atoms with Crippen LogP contribution in [0.1, 0.15) is 12.8 Å². The summed E-state index contributed by atoms with van der Waals surface area (Å²) in [5.41, 5.74) is -0.546. The minimum atomic E-state index is -0.546. The molecule has 1 rings (SSSR count). The van der Waals surface area contributed by atoms with Gasteiger partial charge < -0.3 is 9.84 Å². The zero-order valence-electron chi connectivity index (χ0n) is 8.00. The van der Waals surface area contributed by atoms with Crippen molar-refractivity contribution in [3.8, 4) is 0 Å². The highest BCUT2D eigenvalue weighted by atomic mass is 79.9. The molecule has 0 amide bonds. The van der Waals surface area contributed by atoms with Crippen LogP contribution in [0, 0.1) is 0 Å². The lowest BCUT2D eigenvalue weighted by molar-refractivity contribution is -0.111. The average Bonchev–Trinajstić information content (AvgIpc) is 2.20. The molecular weight excluding hydrogens is 248 g/mol. The standard InChI is InChI=1S/C10H13BrO3/c1-14-10(4-2-6-12)5-3-9(13)8(11)7-10/h3,5,7,12H,2,4,6H2,1H3. The van der Waals surface area contributed by atoms with Gasteiger partial charge in [-0.15, -0.1) is 0 Å². The largest absolute Gasteiger partial charge is 0.396 e. The normalized spacial score (nSPS) is 26.5. The second-order valence-corrected chi connectivity index (χ2v) is 4.03. The van der Waals surface area contributed by atoms with E-state index < -0.39 is 5.60 Å². The fourth-order valence-corrected chi connectivity index (χ4v) is 1.89. The number of ether oxygens (including phenoxy) is 1. The van der Waals surface area contributed by atoms with Crippen molar-refractivity contribution in [2.75, 3.05) is 13.7 Å². The molecular formula is C10H13BrO3. The van der Waals surface area contributed by atoms with E-state index >= 15 is 0 Å². The minimum absolute atomic E-state index is 0.0540. The van der Waals surface area contributed by atoms with E-state index in [1.165, 1.54) is 6.08 Å². The van der Waals surface area contributed by atoms with E-state index in [9.17, 15) is 4.79 Å². The Labute approximate surface area is 91.6 Å². The Hall–Kier alpha value is -0.450. The number of rotatable bonds is 4. The van der Waals surface area contributed by atoms with Crippen LogP contribution in [-0.2, 0) is 9.53 Å². The molecule has 0 fully saturated rings. The Kier molecular flexibility index (Phi) is 4.04. The van der Waals surface area contributed by atoms with E-state index in [0.717, 1.165) is 0 Å². The molecule has 0 aromatic rings. The van der Waals surface area contributed by atoms with Crippen LogP contribution in [0.2, 0.25) is 0 Å². The Bertz CT molecular complexity index is 283. The summed E-state index contributed by atoms with van der Waals surface area (Å²) in [4.78, 5) is 11.2. The maximum atomic E-state index is 11.2. The lowest BCUT2D eigenvalue weighted by Crippen LogP contribution is -2.29. The third-order valence-electron chi connectivity index (χ3n) is 2.23. The van der Waals surface area contributed by atoms with E-state index in [2.05, 4.69) is 15.9 Å². The molecule has 3 nitrogen and oxygen atoms in total. The van der Waals surface area contributed by atoms with Crippen LogP contribution in [0.25, 0.3) is 0 Å². The first kappa shape index (κ1) is 11.6. The van der Waals surface area contributed by atoms with Crippen LogP contribution >= 0.6 is 15.9 Å². The second-order valence-electron chi connectivity index (χ2n) is 3.18. The molecule has 0 aliphatic heterocycles. The van der Waals surface area contributed by atoms with Gasteiger partial charge in [-0.3, -0.25) is 4.79 Å². The molecule has 1 N–H and O–H groups in total. The fraction of sp³-hybridized carbons (Fsp3) is 0.500. The van der Waals surface area contributed by atoms with Gasteiger partial charge in [-0.1, -0.05) is 0 Å². The van der Waals surface area contributed by atoms with Crippen molar-refractivity contribution in [1.29, 1.82) is 0 Å². The number of hydrogen-bond acceptors (Lipinski definition) is 3. The lowest BCUT2D eigenvalue weighted by Gasteiger charge is -2.28. The number of hydrogen-bond donors (Lipinski definition) is 1. The molecule has 14 heavy (non-hydrogen) atoms. The third-order valence-corrected chi connectivity index (χ3v) is 2.85. The van der Waals surface area contributed by atoms with E-state index in [1.807, 2.05) is 0 Å². The van der Waals surface area contributed by atoms with Crippen LogP contribution in [0.15, 0.2) is 22.7 Å². The number of aliphatic hydroxyl groups excluding tert-OH is 1. The van der Waals surface area contributed by atoms with Gasteiger partial charge in [-0.25, -0.2) is 0 Å². The highest BCUT2D eigenvalue weighted by Crippen LogP contribution is 2.28. The van der Waals surface area contributed by atoms with E-state index in [1.54, 1.807) is 19.3 Å². The lowest BCUT2D eigenvalue weighted by atomic mass is 9.92. The predicted octanol–water partition coefficient (Wildman–Crippen LogP) is 1.56. The van der Waals surface area contributed by atoms with Crippen LogP contribution in [0.4, 0.5) is 0 Å². The summed E-state index contributed by atoms with van der Waals surface area (Å²) >= 11 is 3.18. The molecule has 0 aromatic heterocycles. The molecule has 0 heterocycles. The predicted molar refractivity (Wildman–Crippen MR) is 57.2 cm³/mol. The zero-order valence-corrected chi connectivity index (χ0v) is 9.58. The summed E-state index contributed by atoms with van der Waals surface area (Å²) in [5.74, 6) is -0.0540. The van der Waals surface area contributed by atoms with Crippen LogP contribution in [0.3, 0.4) is 0 Å². The molecule has 0 spiro atoms. The van der Waals surface area contributed by atoms with Crippen molar-refractivity contribution in [1.82, 2.24) is 0 Å². The molecule has 0 saturated carbocycles. The molecule has 1 aliphatic carbocycles. The van der Waals surface area contributed by atoms with E-state index in [4.69, 9.17) is 9.84 Å². The number of aliphatic hydroxyl groups is 1. The van der Waals surface area contributed by atoms with Gasteiger partial charge in [-0.05, 0) is 47.0 Å². The third kappa shape index (κ3) is 2.53. The number of halogens is 1. The summed E-state index contributed by atoms with van der Waals surface area (Å²) in [6.45, 7) is 0.123. The van der Waals surface area contributed by atoms with Gasteiger partial charge in [-0.2, -0.15) is 0 Å². The van der Waals surface area contributed by atoms with Gasteiger partial charge >= 0.3 is 0 Å². The minimum Gasteiger partial charge on any atom is -0.396 e. The monoisotopic (exact) mass is 260 g/mol. The van der Waals surface area contributed by atoms with Gasteiger partial charge in [0.25, 0.3) is 0 Å². The first-order chi connectivity index (χ1) is 6.63. The van der Waals surface area contributed by atoms with E-state index in [-0.39, 0.29) is 12.4 Å². The number of carbonyl (C=O) groups excluding carboxylic acids is 1. The first-order valence-electron chi connectivity index (χ1n) is 4.41.